The Morgan fingerprint density at radius 3 is 2.89 bits per heavy atom. The average molecular weight is 260 g/mol. The van der Waals surface area contributed by atoms with E-state index in [9.17, 15) is 0 Å². The Morgan fingerprint density at radius 2 is 2.22 bits per heavy atom. The van der Waals surface area contributed by atoms with Crippen molar-refractivity contribution in [1.82, 2.24) is 14.7 Å². The fourth-order valence-corrected chi connectivity index (χ4v) is 2.18. The number of rotatable bonds is 3. The van der Waals surface area contributed by atoms with Gasteiger partial charge in [-0.2, -0.15) is 5.26 Å². The van der Waals surface area contributed by atoms with Gasteiger partial charge in [-0.25, -0.2) is 4.98 Å². The molecule has 0 aliphatic rings. The van der Waals surface area contributed by atoms with E-state index < -0.39 is 0 Å². The van der Waals surface area contributed by atoms with Crippen LogP contribution in [0, 0.1) is 11.3 Å². The van der Waals surface area contributed by atoms with Crippen LogP contribution in [0.1, 0.15) is 32.2 Å². The molecule has 1 aromatic heterocycles. The van der Waals surface area contributed by atoms with E-state index in [0.29, 0.717) is 12.1 Å². The quantitative estimate of drug-likeness (QED) is 0.833. The van der Waals surface area contributed by atoms with Crippen molar-refractivity contribution in [2.45, 2.75) is 32.1 Å². The molecule has 2 N–H and O–H groups in total. The molecule has 0 saturated carbocycles. The second-order valence-electron chi connectivity index (χ2n) is 5.06. The molecule has 0 atom stereocenters. The van der Waals surface area contributed by atoms with Gasteiger partial charge in [0.25, 0.3) is 0 Å². The van der Waals surface area contributed by atoms with Crippen molar-refractivity contribution in [3.63, 3.8) is 0 Å². The summed E-state index contributed by atoms with van der Waals surface area (Å²) in [5, 5.41) is 8.83. The predicted octanol–water partition coefficient (Wildman–Crippen LogP) is 2.97. The van der Waals surface area contributed by atoms with Crippen LogP contribution in [0.5, 0.6) is 0 Å². The first-order valence-corrected chi connectivity index (χ1v) is 6.59. The van der Waals surface area contributed by atoms with Crippen molar-refractivity contribution in [2.24, 2.45) is 0 Å². The highest BCUT2D eigenvalue weighted by atomic mass is 32.2. The molecule has 0 unspecified atom stereocenters. The molecule has 5 heteroatoms. The number of H-pyrrole nitrogens is 1. The standard InChI is InChI=1S/C13H16N4S/c1-13(2,3)18-15-8-12-16-10-5-4-9(7-14)6-11(10)17-12/h4-6,15H,8H2,1-3H3,(H,16,17). The molecule has 2 rings (SSSR count). The number of nitrogens with one attached hydrogen (secondary N) is 2. The summed E-state index contributed by atoms with van der Waals surface area (Å²) in [7, 11) is 0. The van der Waals surface area contributed by atoms with Gasteiger partial charge in [0.05, 0.1) is 29.2 Å². The van der Waals surface area contributed by atoms with Crippen LogP contribution in [0.15, 0.2) is 18.2 Å². The van der Waals surface area contributed by atoms with E-state index in [1.54, 1.807) is 18.0 Å². The fraction of sp³-hybridized carbons (Fsp3) is 0.385. The van der Waals surface area contributed by atoms with Gasteiger partial charge in [0.2, 0.25) is 0 Å². The van der Waals surface area contributed by atoms with E-state index in [1.807, 2.05) is 12.1 Å². The van der Waals surface area contributed by atoms with Crippen LogP contribution in [-0.2, 0) is 6.54 Å². The van der Waals surface area contributed by atoms with Gasteiger partial charge in [0, 0.05) is 4.75 Å². The van der Waals surface area contributed by atoms with Gasteiger partial charge < -0.3 is 4.98 Å². The first-order chi connectivity index (χ1) is 8.48. The summed E-state index contributed by atoms with van der Waals surface area (Å²) in [6.07, 6.45) is 0. The lowest BCUT2D eigenvalue weighted by molar-refractivity contribution is 0.781. The highest BCUT2D eigenvalue weighted by molar-refractivity contribution is 7.98. The van der Waals surface area contributed by atoms with Crippen molar-refractivity contribution >= 4 is 23.0 Å². The number of hydrogen-bond acceptors (Lipinski definition) is 4. The smallest absolute Gasteiger partial charge is 0.122 e. The molecule has 2 aromatic rings. The summed E-state index contributed by atoms with van der Waals surface area (Å²) < 4.78 is 3.47. The second kappa shape index (κ2) is 5.01. The fourth-order valence-electron chi connectivity index (χ4n) is 1.54. The lowest BCUT2D eigenvalue weighted by Crippen LogP contribution is -2.17. The number of imidazole rings is 1. The molecule has 18 heavy (non-hydrogen) atoms. The number of nitriles is 1. The molecular weight excluding hydrogens is 244 g/mol. The van der Waals surface area contributed by atoms with Crippen LogP contribution < -0.4 is 4.72 Å². The normalized spacial score (nSPS) is 11.7. The Labute approximate surface area is 111 Å². The maximum Gasteiger partial charge on any atom is 0.122 e. The zero-order chi connectivity index (χ0) is 13.2. The SMILES string of the molecule is CC(C)(C)SNCc1nc2ccc(C#N)cc2[nH]1. The molecular formula is C13H16N4S. The van der Waals surface area contributed by atoms with Crippen LogP contribution in [0.3, 0.4) is 0 Å². The highest BCUT2D eigenvalue weighted by Gasteiger charge is 2.11. The largest absolute Gasteiger partial charge is 0.341 e. The lowest BCUT2D eigenvalue weighted by Gasteiger charge is -2.16. The van der Waals surface area contributed by atoms with Crippen molar-refractivity contribution in [2.75, 3.05) is 0 Å². The summed E-state index contributed by atoms with van der Waals surface area (Å²) in [6, 6.07) is 7.59. The van der Waals surface area contributed by atoms with Crippen LogP contribution in [0.2, 0.25) is 0 Å². The van der Waals surface area contributed by atoms with Crippen LogP contribution in [-0.4, -0.2) is 14.7 Å². The molecule has 0 saturated heterocycles. The van der Waals surface area contributed by atoms with E-state index in [1.165, 1.54) is 0 Å². The number of fused-ring (bicyclic) bond motifs is 1. The number of aromatic amines is 1. The lowest BCUT2D eigenvalue weighted by atomic mass is 10.2. The first kappa shape index (κ1) is 12.9. The number of benzene rings is 1. The minimum Gasteiger partial charge on any atom is -0.341 e. The van der Waals surface area contributed by atoms with Gasteiger partial charge in [-0.15, -0.1) is 0 Å². The highest BCUT2D eigenvalue weighted by Crippen LogP contribution is 2.20. The average Bonchev–Trinajstić information content (AvgIpc) is 2.68. The minimum absolute atomic E-state index is 0.181. The zero-order valence-corrected chi connectivity index (χ0v) is 11.6. The predicted molar refractivity (Wildman–Crippen MR) is 75.0 cm³/mol. The Balaban J connectivity index is 2.09. The molecule has 1 aromatic carbocycles. The summed E-state index contributed by atoms with van der Waals surface area (Å²) >= 11 is 1.68. The minimum atomic E-state index is 0.181. The van der Waals surface area contributed by atoms with Gasteiger partial charge in [-0.1, -0.05) is 11.9 Å². The molecule has 0 aliphatic heterocycles. The second-order valence-corrected chi connectivity index (χ2v) is 6.78. The van der Waals surface area contributed by atoms with Gasteiger partial charge in [0.15, 0.2) is 0 Å². The van der Waals surface area contributed by atoms with E-state index >= 15 is 0 Å². The van der Waals surface area contributed by atoms with Crippen LogP contribution in [0.25, 0.3) is 11.0 Å². The maximum absolute atomic E-state index is 8.83. The third-order valence-corrected chi connectivity index (χ3v) is 3.18. The topological polar surface area (TPSA) is 64.5 Å². The molecule has 0 bridgehead atoms. The van der Waals surface area contributed by atoms with Crippen LogP contribution in [0.4, 0.5) is 0 Å². The first-order valence-electron chi connectivity index (χ1n) is 5.77. The Bertz CT molecular complexity index is 589. The Hall–Kier alpha value is -1.51. The van der Waals surface area contributed by atoms with Gasteiger partial charge in [0.1, 0.15) is 5.82 Å². The maximum atomic E-state index is 8.83. The molecule has 0 radical (unpaired) electrons. The molecule has 0 fully saturated rings. The molecule has 0 amide bonds. The van der Waals surface area contributed by atoms with Crippen molar-refractivity contribution in [3.8, 4) is 6.07 Å². The van der Waals surface area contributed by atoms with E-state index in [-0.39, 0.29) is 4.75 Å². The molecule has 4 nitrogen and oxygen atoms in total. The molecule has 94 valence electrons. The number of nitrogens with zero attached hydrogens (tertiary/aromatic N) is 2. The summed E-state index contributed by atoms with van der Waals surface area (Å²) in [5.41, 5.74) is 2.45. The number of hydrogen-bond donors (Lipinski definition) is 2. The van der Waals surface area contributed by atoms with E-state index in [4.69, 9.17) is 5.26 Å². The van der Waals surface area contributed by atoms with E-state index in [2.05, 4.69) is 41.5 Å². The summed E-state index contributed by atoms with van der Waals surface area (Å²) in [4.78, 5) is 7.69. The zero-order valence-electron chi connectivity index (χ0n) is 10.7. The van der Waals surface area contributed by atoms with Crippen molar-refractivity contribution in [3.05, 3.63) is 29.6 Å². The van der Waals surface area contributed by atoms with Gasteiger partial charge in [-0.05, 0) is 39.0 Å². The van der Waals surface area contributed by atoms with Gasteiger partial charge in [-0.3, -0.25) is 4.72 Å². The molecule has 0 aliphatic carbocycles. The summed E-state index contributed by atoms with van der Waals surface area (Å²) in [6.45, 7) is 7.14. The molecule has 1 heterocycles. The Morgan fingerprint density at radius 1 is 1.44 bits per heavy atom. The van der Waals surface area contributed by atoms with Gasteiger partial charge >= 0.3 is 0 Å². The third kappa shape index (κ3) is 3.25. The molecule has 0 spiro atoms. The van der Waals surface area contributed by atoms with Crippen molar-refractivity contribution < 1.29 is 0 Å². The van der Waals surface area contributed by atoms with Crippen LogP contribution >= 0.6 is 11.9 Å². The Kier molecular flexibility index (Phi) is 3.60. The third-order valence-electron chi connectivity index (χ3n) is 2.28. The number of aromatic nitrogens is 2. The van der Waals surface area contributed by atoms with E-state index in [0.717, 1.165) is 16.9 Å². The monoisotopic (exact) mass is 260 g/mol. The summed E-state index contributed by atoms with van der Waals surface area (Å²) in [5.74, 6) is 0.886. The van der Waals surface area contributed by atoms with Crippen molar-refractivity contribution in [1.29, 1.82) is 5.26 Å².